The van der Waals surface area contributed by atoms with Gasteiger partial charge in [0.1, 0.15) is 6.33 Å². The number of benzene rings is 2. The number of carbonyl (C=O) groups excluding carboxylic acids is 1. The molecule has 2 aromatic heterocycles. The molecule has 0 aliphatic rings. The lowest BCUT2D eigenvalue weighted by molar-refractivity contribution is 0.101. The maximum Gasteiger partial charge on any atom is 0.280 e. The number of nitrogens with zero attached hydrogens (tertiary/aromatic N) is 4. The van der Waals surface area contributed by atoms with Gasteiger partial charge in [0.05, 0.1) is 21.6 Å². The number of aromatic nitrogens is 4. The summed E-state index contributed by atoms with van der Waals surface area (Å²) in [5.74, 6) is -0.0727. The second-order valence-corrected chi connectivity index (χ2v) is 7.83. The van der Waals surface area contributed by atoms with E-state index in [1.54, 1.807) is 35.0 Å². The van der Waals surface area contributed by atoms with Crippen LogP contribution in [0.4, 0.5) is 5.95 Å². The zero-order valence-corrected chi connectivity index (χ0v) is 18.0. The summed E-state index contributed by atoms with van der Waals surface area (Å²) in [6.07, 6.45) is 1.49. The molecule has 0 saturated carbocycles. The molecule has 11 heteroatoms. The molecule has 4 aromatic rings. The molecular weight excluding hydrogens is 472 g/mol. The molecule has 7 nitrogen and oxygen atoms in total. The first-order chi connectivity index (χ1) is 14.4. The van der Waals surface area contributed by atoms with Gasteiger partial charge in [0, 0.05) is 16.7 Å². The predicted molar refractivity (Wildman–Crippen MR) is 115 cm³/mol. The highest BCUT2D eigenvalue weighted by atomic mass is 35.5. The number of halogens is 4. The lowest BCUT2D eigenvalue weighted by atomic mass is 10.1. The summed E-state index contributed by atoms with van der Waals surface area (Å²) in [6, 6.07) is 11.7. The van der Waals surface area contributed by atoms with E-state index < -0.39 is 5.91 Å². The average Bonchev–Trinajstić information content (AvgIpc) is 3.35. The highest BCUT2D eigenvalue weighted by molar-refractivity contribution is 6.42. The van der Waals surface area contributed by atoms with E-state index in [0.29, 0.717) is 38.0 Å². The Hall–Kier alpha value is -2.58. The minimum Gasteiger partial charge on any atom is -0.355 e. The average molecular weight is 483 g/mol. The first-order valence-corrected chi connectivity index (χ1v) is 9.97. The van der Waals surface area contributed by atoms with Gasteiger partial charge in [0.2, 0.25) is 5.95 Å². The number of rotatable bonds is 5. The maximum atomic E-state index is 12.4. The lowest BCUT2D eigenvalue weighted by Gasteiger charge is -2.03. The summed E-state index contributed by atoms with van der Waals surface area (Å²) >= 11 is 24.0. The molecule has 0 fully saturated rings. The fourth-order valence-corrected chi connectivity index (χ4v) is 3.44. The summed E-state index contributed by atoms with van der Waals surface area (Å²) in [5, 5.41) is 12.4. The molecule has 0 aliphatic heterocycles. The van der Waals surface area contributed by atoms with Crippen molar-refractivity contribution >= 4 is 58.3 Å². The van der Waals surface area contributed by atoms with Crippen LogP contribution in [0, 0.1) is 0 Å². The SMILES string of the molecule is O=C(Nc1ncn(Cc2ccc(Cl)c(Cl)c2)n1)c1cc(-c2ccc(Cl)cc2Cl)on1. The van der Waals surface area contributed by atoms with E-state index in [-0.39, 0.29) is 11.6 Å². The van der Waals surface area contributed by atoms with E-state index in [2.05, 4.69) is 20.6 Å². The third-order valence-corrected chi connectivity index (χ3v) is 5.32. The zero-order valence-electron chi connectivity index (χ0n) is 14.9. The van der Waals surface area contributed by atoms with Crippen molar-refractivity contribution in [2.45, 2.75) is 6.54 Å². The van der Waals surface area contributed by atoms with Gasteiger partial charge in [-0.3, -0.25) is 10.1 Å². The second kappa shape index (κ2) is 8.65. The van der Waals surface area contributed by atoms with Crippen LogP contribution < -0.4 is 5.32 Å². The minimum absolute atomic E-state index is 0.0526. The number of carbonyl (C=O) groups is 1. The van der Waals surface area contributed by atoms with Gasteiger partial charge in [-0.05, 0) is 35.9 Å². The Balaban J connectivity index is 1.44. The van der Waals surface area contributed by atoms with Gasteiger partial charge >= 0.3 is 0 Å². The Morgan fingerprint density at radius 3 is 2.60 bits per heavy atom. The summed E-state index contributed by atoms with van der Waals surface area (Å²) in [7, 11) is 0. The molecule has 152 valence electrons. The van der Waals surface area contributed by atoms with Crippen molar-refractivity contribution in [1.29, 1.82) is 0 Å². The quantitative estimate of drug-likeness (QED) is 0.385. The Labute approximate surface area is 190 Å². The van der Waals surface area contributed by atoms with Crippen LogP contribution in [0.15, 0.2) is 53.3 Å². The smallest absolute Gasteiger partial charge is 0.280 e. The Bertz CT molecular complexity index is 1240. The van der Waals surface area contributed by atoms with Gasteiger partial charge in [0.25, 0.3) is 5.91 Å². The van der Waals surface area contributed by atoms with Crippen LogP contribution in [0.25, 0.3) is 11.3 Å². The van der Waals surface area contributed by atoms with Crippen molar-refractivity contribution in [3.8, 4) is 11.3 Å². The topological polar surface area (TPSA) is 85.8 Å². The van der Waals surface area contributed by atoms with E-state index >= 15 is 0 Å². The van der Waals surface area contributed by atoms with Crippen LogP contribution in [0.5, 0.6) is 0 Å². The summed E-state index contributed by atoms with van der Waals surface area (Å²) in [5.41, 5.74) is 1.50. The van der Waals surface area contributed by atoms with Crippen molar-refractivity contribution in [3.63, 3.8) is 0 Å². The molecule has 0 aliphatic carbocycles. The normalized spacial score (nSPS) is 10.9. The van der Waals surface area contributed by atoms with Crippen LogP contribution >= 0.6 is 46.4 Å². The molecule has 2 heterocycles. The van der Waals surface area contributed by atoms with Crippen LogP contribution in [-0.4, -0.2) is 25.8 Å². The number of hydrogen-bond acceptors (Lipinski definition) is 5. The van der Waals surface area contributed by atoms with Gasteiger partial charge in [-0.2, -0.15) is 0 Å². The highest BCUT2D eigenvalue weighted by Gasteiger charge is 2.17. The number of nitrogens with one attached hydrogen (secondary N) is 1. The first-order valence-electron chi connectivity index (χ1n) is 8.46. The molecule has 0 spiro atoms. The van der Waals surface area contributed by atoms with Crippen molar-refractivity contribution in [1.82, 2.24) is 19.9 Å². The minimum atomic E-state index is -0.526. The van der Waals surface area contributed by atoms with Crippen LogP contribution in [0.1, 0.15) is 16.1 Å². The highest BCUT2D eigenvalue weighted by Crippen LogP contribution is 2.30. The molecule has 30 heavy (non-hydrogen) atoms. The molecule has 2 aromatic carbocycles. The molecule has 0 unspecified atom stereocenters. The fourth-order valence-electron chi connectivity index (χ4n) is 2.62. The zero-order chi connectivity index (χ0) is 21.3. The van der Waals surface area contributed by atoms with Gasteiger partial charge in [0.15, 0.2) is 11.5 Å². The van der Waals surface area contributed by atoms with Crippen molar-refractivity contribution in [2.75, 3.05) is 5.32 Å². The summed E-state index contributed by atoms with van der Waals surface area (Å²) in [6.45, 7) is 0.406. The monoisotopic (exact) mass is 481 g/mol. The lowest BCUT2D eigenvalue weighted by Crippen LogP contribution is -2.13. The van der Waals surface area contributed by atoms with Gasteiger partial charge in [-0.15, -0.1) is 5.10 Å². The number of anilines is 1. The molecule has 0 saturated heterocycles. The third kappa shape index (κ3) is 4.60. The van der Waals surface area contributed by atoms with Crippen LogP contribution in [0.2, 0.25) is 20.1 Å². The molecule has 0 atom stereocenters. The molecule has 1 N–H and O–H groups in total. The van der Waals surface area contributed by atoms with E-state index in [1.807, 2.05) is 6.07 Å². The van der Waals surface area contributed by atoms with E-state index in [0.717, 1.165) is 5.56 Å². The molecule has 0 bridgehead atoms. The largest absolute Gasteiger partial charge is 0.355 e. The van der Waals surface area contributed by atoms with Crippen LogP contribution in [0.3, 0.4) is 0 Å². The van der Waals surface area contributed by atoms with Gasteiger partial charge < -0.3 is 4.52 Å². The Morgan fingerprint density at radius 2 is 1.83 bits per heavy atom. The standard InChI is InChI=1S/C19H11Cl4N5O2/c20-11-2-3-12(14(22)6-11)17-7-16(27-30-17)18(29)25-19-24-9-28(26-19)8-10-1-4-13(21)15(23)5-10/h1-7,9H,8H2,(H,25,26,29). The van der Waals surface area contributed by atoms with Gasteiger partial charge in [-0.1, -0.05) is 57.6 Å². The van der Waals surface area contributed by atoms with Crippen molar-refractivity contribution in [2.24, 2.45) is 0 Å². The fraction of sp³-hybridized carbons (Fsp3) is 0.0526. The predicted octanol–water partition coefficient (Wildman–Crippen LogP) is 5.85. The van der Waals surface area contributed by atoms with Crippen molar-refractivity contribution < 1.29 is 9.32 Å². The summed E-state index contributed by atoms with van der Waals surface area (Å²) < 4.78 is 6.78. The summed E-state index contributed by atoms with van der Waals surface area (Å²) in [4.78, 5) is 16.5. The van der Waals surface area contributed by atoms with E-state index in [9.17, 15) is 4.79 Å². The molecule has 0 radical (unpaired) electrons. The molecular formula is C19H11Cl4N5O2. The van der Waals surface area contributed by atoms with E-state index in [4.69, 9.17) is 50.9 Å². The first kappa shape index (κ1) is 20.7. The number of amides is 1. The Kier molecular flexibility index (Phi) is 5.97. The van der Waals surface area contributed by atoms with Crippen LogP contribution in [-0.2, 0) is 6.54 Å². The van der Waals surface area contributed by atoms with Crippen molar-refractivity contribution in [3.05, 3.63) is 80.1 Å². The van der Waals surface area contributed by atoms with E-state index in [1.165, 1.54) is 12.4 Å². The molecule has 4 rings (SSSR count). The van der Waals surface area contributed by atoms with Gasteiger partial charge in [-0.25, -0.2) is 9.67 Å². The second-order valence-electron chi connectivity index (χ2n) is 6.17. The maximum absolute atomic E-state index is 12.4. The Morgan fingerprint density at radius 1 is 1.00 bits per heavy atom. The third-order valence-electron chi connectivity index (χ3n) is 4.03. The molecule has 1 amide bonds. The number of hydrogen-bond donors (Lipinski definition) is 1.